The summed E-state index contributed by atoms with van der Waals surface area (Å²) in [6.07, 6.45) is 3.28. The van der Waals surface area contributed by atoms with Crippen molar-refractivity contribution < 1.29 is 19.1 Å². The van der Waals surface area contributed by atoms with Crippen molar-refractivity contribution >= 4 is 11.8 Å². The fourth-order valence-electron chi connectivity index (χ4n) is 2.07. The average Bonchev–Trinajstić information content (AvgIpc) is 2.29. The van der Waals surface area contributed by atoms with E-state index in [2.05, 4.69) is 0 Å². The molecule has 0 bridgehead atoms. The van der Waals surface area contributed by atoms with E-state index in [0.717, 1.165) is 24.8 Å². The van der Waals surface area contributed by atoms with Crippen LogP contribution in [0.4, 0.5) is 4.39 Å². The Morgan fingerprint density at radius 1 is 1.19 bits per heavy atom. The van der Waals surface area contributed by atoms with Gasteiger partial charge < -0.3 is 5.11 Å². The quantitative estimate of drug-likeness (QED) is 0.614. The van der Waals surface area contributed by atoms with E-state index in [4.69, 9.17) is 5.11 Å². The van der Waals surface area contributed by atoms with Crippen LogP contribution in [-0.4, -0.2) is 16.9 Å². The first-order chi connectivity index (χ1) is 7.61. The van der Waals surface area contributed by atoms with Gasteiger partial charge in [0.2, 0.25) is 0 Å². The molecule has 0 amide bonds. The Kier molecular flexibility index (Phi) is 2.73. The summed E-state index contributed by atoms with van der Waals surface area (Å²) in [5.74, 6) is -3.44. The molecule has 16 heavy (non-hydrogen) atoms. The highest BCUT2D eigenvalue weighted by Gasteiger charge is 2.23. The van der Waals surface area contributed by atoms with Crippen molar-refractivity contribution in [3.8, 4) is 0 Å². The monoisotopic (exact) mass is 222 g/mol. The van der Waals surface area contributed by atoms with E-state index in [9.17, 15) is 14.0 Å². The molecule has 0 fully saturated rings. The standard InChI is InChI=1S/C12H11FO3/c13-10-8-4-2-1-3-7(8)5-6-9(10)11(14)12(15)16/h5-6H,1-4H2,(H,15,16). The molecule has 0 aliphatic heterocycles. The van der Waals surface area contributed by atoms with Crippen molar-refractivity contribution in [1.82, 2.24) is 0 Å². The summed E-state index contributed by atoms with van der Waals surface area (Å²) in [6, 6.07) is 2.93. The summed E-state index contributed by atoms with van der Waals surface area (Å²) < 4.78 is 13.9. The van der Waals surface area contributed by atoms with Crippen LogP contribution in [0.1, 0.15) is 34.3 Å². The number of ketones is 1. The van der Waals surface area contributed by atoms with Gasteiger partial charge in [-0.1, -0.05) is 6.07 Å². The van der Waals surface area contributed by atoms with Gasteiger partial charge in [0.15, 0.2) is 0 Å². The number of carbonyl (C=O) groups is 2. The van der Waals surface area contributed by atoms with E-state index in [1.54, 1.807) is 6.07 Å². The van der Waals surface area contributed by atoms with Crippen LogP contribution in [0.3, 0.4) is 0 Å². The number of fused-ring (bicyclic) bond motifs is 1. The summed E-state index contributed by atoms with van der Waals surface area (Å²) in [7, 11) is 0. The zero-order valence-electron chi connectivity index (χ0n) is 8.62. The molecule has 1 aromatic carbocycles. The molecule has 0 unspecified atom stereocenters. The lowest BCUT2D eigenvalue weighted by Crippen LogP contribution is -2.17. The molecule has 0 heterocycles. The Labute approximate surface area is 91.9 Å². The second-order valence-corrected chi connectivity index (χ2v) is 3.91. The highest BCUT2D eigenvalue weighted by molar-refractivity contribution is 6.39. The molecule has 3 nitrogen and oxygen atoms in total. The van der Waals surface area contributed by atoms with Crippen LogP contribution in [0, 0.1) is 5.82 Å². The van der Waals surface area contributed by atoms with Gasteiger partial charge in [-0.15, -0.1) is 0 Å². The molecule has 0 atom stereocenters. The number of hydrogen-bond acceptors (Lipinski definition) is 2. The lowest BCUT2D eigenvalue weighted by atomic mass is 9.89. The molecule has 0 saturated carbocycles. The number of aliphatic carboxylic acids is 1. The number of rotatable bonds is 2. The minimum Gasteiger partial charge on any atom is -0.475 e. The lowest BCUT2D eigenvalue weighted by Gasteiger charge is -2.17. The minimum absolute atomic E-state index is 0.326. The van der Waals surface area contributed by atoms with Crippen LogP contribution >= 0.6 is 0 Å². The molecule has 1 aliphatic carbocycles. The molecule has 4 heteroatoms. The first kappa shape index (κ1) is 10.8. The topological polar surface area (TPSA) is 54.4 Å². The minimum atomic E-state index is -1.62. The molecule has 0 aromatic heterocycles. The van der Waals surface area contributed by atoms with Crippen molar-refractivity contribution in [3.63, 3.8) is 0 Å². The number of carbonyl (C=O) groups excluding carboxylic acids is 1. The second kappa shape index (κ2) is 4.04. The van der Waals surface area contributed by atoms with Crippen molar-refractivity contribution in [1.29, 1.82) is 0 Å². The largest absolute Gasteiger partial charge is 0.475 e. The number of aryl methyl sites for hydroxylation is 1. The maximum absolute atomic E-state index is 13.9. The predicted octanol–water partition coefficient (Wildman–Crippen LogP) is 1.97. The Morgan fingerprint density at radius 2 is 1.88 bits per heavy atom. The number of hydrogen-bond donors (Lipinski definition) is 1. The number of halogens is 1. The molecular weight excluding hydrogens is 211 g/mol. The predicted molar refractivity (Wildman–Crippen MR) is 55.0 cm³/mol. The Morgan fingerprint density at radius 3 is 2.56 bits per heavy atom. The van der Waals surface area contributed by atoms with Crippen LogP contribution in [0.15, 0.2) is 12.1 Å². The van der Waals surface area contributed by atoms with Crippen molar-refractivity contribution in [2.75, 3.05) is 0 Å². The third kappa shape index (κ3) is 1.71. The fourth-order valence-corrected chi connectivity index (χ4v) is 2.07. The van der Waals surface area contributed by atoms with Gasteiger partial charge >= 0.3 is 5.97 Å². The maximum Gasteiger partial charge on any atom is 0.377 e. The molecule has 2 rings (SSSR count). The number of carboxylic acid groups (broad SMARTS) is 1. The molecular formula is C12H11FO3. The fraction of sp³-hybridized carbons (Fsp3) is 0.333. The number of Topliss-reactive ketones (excluding diaryl/α,β-unsaturated/α-hetero) is 1. The maximum atomic E-state index is 13.9. The third-order valence-electron chi connectivity index (χ3n) is 2.90. The van der Waals surface area contributed by atoms with Gasteiger partial charge in [0.05, 0.1) is 5.56 Å². The van der Waals surface area contributed by atoms with Gasteiger partial charge in [0.1, 0.15) is 5.82 Å². The summed E-state index contributed by atoms with van der Waals surface area (Å²) >= 11 is 0. The molecule has 1 aromatic rings. The van der Waals surface area contributed by atoms with E-state index in [0.29, 0.717) is 12.0 Å². The zero-order chi connectivity index (χ0) is 11.7. The highest BCUT2D eigenvalue weighted by atomic mass is 19.1. The van der Waals surface area contributed by atoms with Crippen LogP contribution in [0.25, 0.3) is 0 Å². The van der Waals surface area contributed by atoms with Crippen LogP contribution < -0.4 is 0 Å². The van der Waals surface area contributed by atoms with Gasteiger partial charge in [-0.3, -0.25) is 4.79 Å². The first-order valence-corrected chi connectivity index (χ1v) is 5.19. The molecule has 0 radical (unpaired) electrons. The molecule has 0 spiro atoms. The lowest BCUT2D eigenvalue weighted by molar-refractivity contribution is -0.131. The van der Waals surface area contributed by atoms with E-state index in [1.807, 2.05) is 0 Å². The first-order valence-electron chi connectivity index (χ1n) is 5.19. The Hall–Kier alpha value is -1.71. The van der Waals surface area contributed by atoms with Crippen LogP contribution in [-0.2, 0) is 17.6 Å². The van der Waals surface area contributed by atoms with Gasteiger partial charge in [0.25, 0.3) is 5.78 Å². The van der Waals surface area contributed by atoms with E-state index in [-0.39, 0.29) is 5.56 Å². The Balaban J connectivity index is 2.49. The van der Waals surface area contributed by atoms with E-state index in [1.165, 1.54) is 6.07 Å². The Bertz CT molecular complexity index is 466. The van der Waals surface area contributed by atoms with E-state index < -0.39 is 17.6 Å². The highest BCUT2D eigenvalue weighted by Crippen LogP contribution is 2.26. The number of benzene rings is 1. The normalized spacial score (nSPS) is 14.3. The molecule has 1 N–H and O–H groups in total. The molecule has 1 aliphatic rings. The van der Waals surface area contributed by atoms with Gasteiger partial charge in [0, 0.05) is 0 Å². The summed E-state index contributed by atoms with van der Waals surface area (Å²) in [4.78, 5) is 21.7. The molecule has 84 valence electrons. The molecule has 0 saturated heterocycles. The van der Waals surface area contributed by atoms with Crippen molar-refractivity contribution in [3.05, 3.63) is 34.6 Å². The number of carboxylic acids is 1. The summed E-state index contributed by atoms with van der Waals surface area (Å²) in [5, 5.41) is 8.55. The van der Waals surface area contributed by atoms with Crippen LogP contribution in [0.2, 0.25) is 0 Å². The SMILES string of the molecule is O=C(O)C(=O)c1ccc2c(c1F)CCCC2. The van der Waals surface area contributed by atoms with Crippen molar-refractivity contribution in [2.45, 2.75) is 25.7 Å². The van der Waals surface area contributed by atoms with E-state index >= 15 is 0 Å². The third-order valence-corrected chi connectivity index (χ3v) is 2.90. The van der Waals surface area contributed by atoms with Gasteiger partial charge in [-0.05, 0) is 42.9 Å². The second-order valence-electron chi connectivity index (χ2n) is 3.91. The van der Waals surface area contributed by atoms with Gasteiger partial charge in [-0.2, -0.15) is 0 Å². The van der Waals surface area contributed by atoms with Crippen LogP contribution in [0.5, 0.6) is 0 Å². The van der Waals surface area contributed by atoms with Crippen molar-refractivity contribution in [2.24, 2.45) is 0 Å². The smallest absolute Gasteiger partial charge is 0.377 e. The summed E-state index contributed by atoms with van der Waals surface area (Å²) in [5.41, 5.74) is 1.08. The average molecular weight is 222 g/mol. The van der Waals surface area contributed by atoms with Gasteiger partial charge in [-0.25, -0.2) is 9.18 Å². The zero-order valence-corrected chi connectivity index (χ0v) is 8.62. The summed E-state index contributed by atoms with van der Waals surface area (Å²) in [6.45, 7) is 0.